The largest absolute Gasteiger partial charge is 0.489 e. The summed E-state index contributed by atoms with van der Waals surface area (Å²) in [5, 5.41) is 0.572. The number of rotatable bonds is 6. The van der Waals surface area contributed by atoms with E-state index < -0.39 is 0 Å². The lowest BCUT2D eigenvalue weighted by atomic mass is 10.0. The van der Waals surface area contributed by atoms with Gasteiger partial charge in [-0.15, -0.1) is 0 Å². The minimum absolute atomic E-state index is 0.0322. The lowest BCUT2D eigenvalue weighted by Gasteiger charge is -2.48. The van der Waals surface area contributed by atoms with Gasteiger partial charge < -0.3 is 14.5 Å². The Kier molecular flexibility index (Phi) is 6.97. The SMILES string of the molecule is O=C(c1ccccc1)N1CCN(C2CN(C(=O)c3ccc(OCc4cncc(Cl)c4)cc3)C2)CC1. The number of aromatic nitrogens is 1. The Morgan fingerprint density at radius 3 is 2.20 bits per heavy atom. The molecule has 0 spiro atoms. The first-order valence-electron chi connectivity index (χ1n) is 11.8. The van der Waals surface area contributed by atoms with Crippen molar-refractivity contribution in [2.75, 3.05) is 39.3 Å². The second-order valence-electron chi connectivity index (χ2n) is 8.88. The zero-order valence-electron chi connectivity index (χ0n) is 19.3. The van der Waals surface area contributed by atoms with Gasteiger partial charge in [0.1, 0.15) is 12.4 Å². The van der Waals surface area contributed by atoms with Crippen LogP contribution in [0.3, 0.4) is 0 Å². The summed E-state index contributed by atoms with van der Waals surface area (Å²) in [6.07, 6.45) is 3.30. The summed E-state index contributed by atoms with van der Waals surface area (Å²) in [4.78, 5) is 35.7. The predicted molar refractivity (Wildman–Crippen MR) is 134 cm³/mol. The number of benzene rings is 2. The van der Waals surface area contributed by atoms with Gasteiger partial charge in [-0.3, -0.25) is 19.5 Å². The number of carbonyl (C=O) groups is 2. The Hall–Kier alpha value is -3.42. The van der Waals surface area contributed by atoms with Crippen LogP contribution in [0, 0.1) is 0 Å². The Bertz CT molecular complexity index is 1170. The molecule has 3 aromatic rings. The zero-order chi connectivity index (χ0) is 24.2. The highest BCUT2D eigenvalue weighted by Crippen LogP contribution is 2.22. The number of nitrogens with zero attached hydrogens (tertiary/aromatic N) is 4. The summed E-state index contributed by atoms with van der Waals surface area (Å²) in [7, 11) is 0. The third kappa shape index (κ3) is 5.47. The summed E-state index contributed by atoms with van der Waals surface area (Å²) in [6, 6.07) is 18.8. The van der Waals surface area contributed by atoms with Crippen molar-refractivity contribution in [3.8, 4) is 5.75 Å². The molecule has 0 aliphatic carbocycles. The van der Waals surface area contributed by atoms with Gasteiger partial charge in [0.15, 0.2) is 0 Å². The van der Waals surface area contributed by atoms with Gasteiger partial charge in [0.2, 0.25) is 0 Å². The molecule has 0 atom stereocenters. The predicted octanol–water partition coefficient (Wildman–Crippen LogP) is 3.60. The minimum Gasteiger partial charge on any atom is -0.489 e. The lowest BCUT2D eigenvalue weighted by molar-refractivity contribution is 0.00853. The van der Waals surface area contributed by atoms with Crippen LogP contribution >= 0.6 is 11.6 Å². The summed E-state index contributed by atoms with van der Waals surface area (Å²) in [5.41, 5.74) is 2.27. The molecule has 2 fully saturated rings. The Morgan fingerprint density at radius 1 is 0.857 bits per heavy atom. The monoisotopic (exact) mass is 490 g/mol. The number of hydrogen-bond donors (Lipinski definition) is 0. The molecule has 0 radical (unpaired) electrons. The van der Waals surface area contributed by atoms with E-state index in [0.29, 0.717) is 55.2 Å². The van der Waals surface area contributed by atoms with E-state index in [1.165, 1.54) is 0 Å². The molecular weight excluding hydrogens is 464 g/mol. The number of halogens is 1. The van der Waals surface area contributed by atoms with Gasteiger partial charge in [0, 0.05) is 74.4 Å². The second kappa shape index (κ2) is 10.5. The van der Waals surface area contributed by atoms with Crippen molar-refractivity contribution in [3.05, 3.63) is 94.8 Å². The summed E-state index contributed by atoms with van der Waals surface area (Å²) in [6.45, 7) is 4.88. The van der Waals surface area contributed by atoms with Crippen molar-refractivity contribution in [1.29, 1.82) is 0 Å². The first kappa shape index (κ1) is 23.3. The van der Waals surface area contributed by atoms with E-state index in [-0.39, 0.29) is 11.8 Å². The maximum atomic E-state index is 12.9. The molecule has 0 saturated carbocycles. The average Bonchev–Trinajstić information content (AvgIpc) is 2.87. The number of likely N-dealkylation sites (tertiary alicyclic amines) is 1. The molecule has 0 unspecified atom stereocenters. The fraction of sp³-hybridized carbons (Fsp3) is 0.296. The standard InChI is InChI=1S/C27H27ClN4O3/c28-23-14-20(15-29-16-23)19-35-25-8-6-22(7-9-25)27(34)32-17-24(18-32)30-10-12-31(13-11-30)26(33)21-4-2-1-3-5-21/h1-9,14-16,24H,10-13,17-19H2. The molecule has 3 heterocycles. The van der Waals surface area contributed by atoms with E-state index >= 15 is 0 Å². The molecule has 5 rings (SSSR count). The average molecular weight is 491 g/mol. The van der Waals surface area contributed by atoms with Crippen molar-refractivity contribution < 1.29 is 14.3 Å². The molecule has 2 saturated heterocycles. The summed E-state index contributed by atoms with van der Waals surface area (Å²) >= 11 is 5.95. The van der Waals surface area contributed by atoms with Crippen LogP contribution in [0.25, 0.3) is 0 Å². The highest BCUT2D eigenvalue weighted by Gasteiger charge is 2.37. The van der Waals surface area contributed by atoms with Crippen molar-refractivity contribution in [3.63, 3.8) is 0 Å². The van der Waals surface area contributed by atoms with E-state index in [2.05, 4.69) is 9.88 Å². The molecule has 2 aliphatic rings. The molecule has 8 heteroatoms. The van der Waals surface area contributed by atoms with Crippen LogP contribution in [0.15, 0.2) is 73.1 Å². The molecular formula is C27H27ClN4O3. The molecule has 7 nitrogen and oxygen atoms in total. The number of ether oxygens (including phenoxy) is 1. The summed E-state index contributed by atoms with van der Waals surface area (Å²) in [5.74, 6) is 0.808. The molecule has 2 aliphatic heterocycles. The van der Waals surface area contributed by atoms with Crippen molar-refractivity contribution >= 4 is 23.4 Å². The van der Waals surface area contributed by atoms with Crippen molar-refractivity contribution in [2.24, 2.45) is 0 Å². The molecule has 0 bridgehead atoms. The van der Waals surface area contributed by atoms with Gasteiger partial charge in [-0.1, -0.05) is 29.8 Å². The number of piperazine rings is 1. The van der Waals surface area contributed by atoms with E-state index in [9.17, 15) is 9.59 Å². The van der Waals surface area contributed by atoms with Crippen LogP contribution in [-0.2, 0) is 6.61 Å². The quantitative estimate of drug-likeness (QED) is 0.528. The van der Waals surface area contributed by atoms with Gasteiger partial charge in [0.05, 0.1) is 5.02 Å². The van der Waals surface area contributed by atoms with Crippen LogP contribution in [0.4, 0.5) is 0 Å². The minimum atomic E-state index is 0.0322. The Morgan fingerprint density at radius 2 is 1.51 bits per heavy atom. The number of pyridine rings is 1. The van der Waals surface area contributed by atoms with Gasteiger partial charge in [-0.25, -0.2) is 0 Å². The smallest absolute Gasteiger partial charge is 0.253 e. The third-order valence-corrected chi connectivity index (χ3v) is 6.76. The lowest BCUT2D eigenvalue weighted by Crippen LogP contribution is -2.64. The third-order valence-electron chi connectivity index (χ3n) is 6.56. The van der Waals surface area contributed by atoms with Crippen LogP contribution in [0.1, 0.15) is 26.3 Å². The molecule has 1 aromatic heterocycles. The maximum absolute atomic E-state index is 12.9. The zero-order valence-corrected chi connectivity index (χ0v) is 20.1. The van der Waals surface area contributed by atoms with E-state index in [0.717, 1.165) is 24.2 Å². The molecule has 0 N–H and O–H groups in total. The number of hydrogen-bond acceptors (Lipinski definition) is 5. The first-order chi connectivity index (χ1) is 17.1. The second-order valence-corrected chi connectivity index (χ2v) is 9.32. The van der Waals surface area contributed by atoms with E-state index in [1.807, 2.05) is 58.3 Å². The van der Waals surface area contributed by atoms with E-state index in [1.54, 1.807) is 24.5 Å². The van der Waals surface area contributed by atoms with Crippen molar-refractivity contribution in [2.45, 2.75) is 12.6 Å². The fourth-order valence-electron chi connectivity index (χ4n) is 4.48. The van der Waals surface area contributed by atoms with Gasteiger partial charge >= 0.3 is 0 Å². The van der Waals surface area contributed by atoms with Crippen molar-refractivity contribution in [1.82, 2.24) is 19.7 Å². The highest BCUT2D eigenvalue weighted by molar-refractivity contribution is 6.30. The maximum Gasteiger partial charge on any atom is 0.253 e. The van der Waals surface area contributed by atoms with E-state index in [4.69, 9.17) is 16.3 Å². The first-order valence-corrected chi connectivity index (χ1v) is 12.1. The Labute approximate surface area is 209 Å². The van der Waals surface area contributed by atoms with Crippen LogP contribution in [0.2, 0.25) is 5.02 Å². The number of amides is 2. The molecule has 2 aromatic carbocycles. The highest BCUT2D eigenvalue weighted by atomic mass is 35.5. The molecule has 180 valence electrons. The molecule has 35 heavy (non-hydrogen) atoms. The van der Waals surface area contributed by atoms with Crippen LogP contribution in [0.5, 0.6) is 5.75 Å². The van der Waals surface area contributed by atoms with Crippen LogP contribution < -0.4 is 4.74 Å². The molecule has 2 amide bonds. The summed E-state index contributed by atoms with van der Waals surface area (Å²) < 4.78 is 5.77. The van der Waals surface area contributed by atoms with Gasteiger partial charge in [-0.2, -0.15) is 0 Å². The van der Waals surface area contributed by atoms with Gasteiger partial charge in [0.25, 0.3) is 11.8 Å². The topological polar surface area (TPSA) is 66.0 Å². The fourth-order valence-corrected chi connectivity index (χ4v) is 4.68. The normalized spacial score (nSPS) is 16.6. The van der Waals surface area contributed by atoms with Crippen LogP contribution in [-0.4, -0.2) is 76.8 Å². The number of carbonyl (C=O) groups excluding carboxylic acids is 2. The Balaban J connectivity index is 1.07. The van der Waals surface area contributed by atoms with Gasteiger partial charge in [-0.05, 0) is 42.5 Å².